The number of ether oxygens (including phenoxy) is 3. The highest BCUT2D eigenvalue weighted by Gasteiger charge is 2.26. The monoisotopic (exact) mass is 460 g/mol. The Morgan fingerprint density at radius 3 is 2.64 bits per heavy atom. The van der Waals surface area contributed by atoms with Crippen LogP contribution in [0, 0.1) is 0 Å². The second kappa shape index (κ2) is 10.6. The molecule has 11 heteroatoms. The van der Waals surface area contributed by atoms with Gasteiger partial charge in [0.1, 0.15) is 6.54 Å². The Labute approximate surface area is 193 Å². The van der Waals surface area contributed by atoms with E-state index >= 15 is 0 Å². The van der Waals surface area contributed by atoms with Gasteiger partial charge >= 0.3 is 0 Å². The van der Waals surface area contributed by atoms with Crippen LogP contribution >= 0.6 is 0 Å². The maximum atomic E-state index is 13.1. The van der Waals surface area contributed by atoms with Crippen LogP contribution in [0.2, 0.25) is 0 Å². The third-order valence-corrected chi connectivity index (χ3v) is 5.02. The zero-order valence-electron chi connectivity index (χ0n) is 19.8. The van der Waals surface area contributed by atoms with Gasteiger partial charge in [0.2, 0.25) is 17.6 Å². The molecule has 2 heterocycles. The molecule has 1 unspecified atom stereocenters. The summed E-state index contributed by atoms with van der Waals surface area (Å²) in [5.41, 5.74) is 0.282. The van der Waals surface area contributed by atoms with E-state index in [2.05, 4.69) is 20.7 Å². The van der Waals surface area contributed by atoms with Gasteiger partial charge in [0.15, 0.2) is 11.5 Å². The molecule has 33 heavy (non-hydrogen) atoms. The lowest BCUT2D eigenvalue weighted by molar-refractivity contribution is -0.138. The first-order chi connectivity index (χ1) is 15.7. The third-order valence-electron chi connectivity index (χ3n) is 5.02. The molecule has 1 aromatic carbocycles. The quantitative estimate of drug-likeness (QED) is 0.594. The minimum atomic E-state index is -0.391. The highest BCUT2D eigenvalue weighted by Crippen LogP contribution is 2.30. The van der Waals surface area contributed by atoms with Crippen molar-refractivity contribution < 1.29 is 23.8 Å². The van der Waals surface area contributed by atoms with Crippen molar-refractivity contribution in [1.29, 1.82) is 0 Å². The normalized spacial score (nSPS) is 15.8. The summed E-state index contributed by atoms with van der Waals surface area (Å²) in [7, 11) is 3.10. The highest BCUT2D eigenvalue weighted by atomic mass is 16.5. The first-order valence-electron chi connectivity index (χ1n) is 10.9. The van der Waals surface area contributed by atoms with Gasteiger partial charge in [0.25, 0.3) is 0 Å². The lowest BCUT2D eigenvalue weighted by atomic mass is 10.1. The first kappa shape index (κ1) is 24.4. The number of nitrogens with one attached hydrogen (secondary N) is 1. The van der Waals surface area contributed by atoms with Crippen LogP contribution in [0.3, 0.4) is 0 Å². The second-order valence-electron chi connectivity index (χ2n) is 8.92. The van der Waals surface area contributed by atoms with Gasteiger partial charge in [-0.05, 0) is 57.0 Å². The SMILES string of the molecule is COc1ccc(-c2nnn(CC(=O)N(CC(=O)NC(C)(C)C)CC3CCCO3)n2)cc1OC. The largest absolute Gasteiger partial charge is 0.493 e. The molecular weight excluding hydrogens is 428 g/mol. The Kier molecular flexibility index (Phi) is 7.85. The number of hydrogen-bond acceptors (Lipinski definition) is 8. The number of benzene rings is 1. The maximum Gasteiger partial charge on any atom is 0.246 e. The highest BCUT2D eigenvalue weighted by molar-refractivity contribution is 5.85. The predicted octanol–water partition coefficient (Wildman–Crippen LogP) is 1.28. The summed E-state index contributed by atoms with van der Waals surface area (Å²) in [6, 6.07) is 5.27. The molecule has 1 aromatic heterocycles. The van der Waals surface area contributed by atoms with Crippen molar-refractivity contribution in [2.24, 2.45) is 0 Å². The zero-order valence-corrected chi connectivity index (χ0v) is 19.8. The number of carbonyl (C=O) groups is 2. The first-order valence-corrected chi connectivity index (χ1v) is 10.9. The van der Waals surface area contributed by atoms with E-state index in [1.54, 1.807) is 32.4 Å². The molecule has 2 amide bonds. The van der Waals surface area contributed by atoms with Crippen LogP contribution in [-0.4, -0.2) is 82.5 Å². The molecule has 0 aliphatic carbocycles. The van der Waals surface area contributed by atoms with Gasteiger partial charge in [-0.2, -0.15) is 4.80 Å². The minimum Gasteiger partial charge on any atom is -0.493 e. The predicted molar refractivity (Wildman–Crippen MR) is 120 cm³/mol. The minimum absolute atomic E-state index is 0.0623. The summed E-state index contributed by atoms with van der Waals surface area (Å²) < 4.78 is 16.2. The Morgan fingerprint density at radius 1 is 1.24 bits per heavy atom. The van der Waals surface area contributed by atoms with Gasteiger partial charge in [0.05, 0.1) is 26.9 Å². The second-order valence-corrected chi connectivity index (χ2v) is 8.92. The van der Waals surface area contributed by atoms with Crippen molar-refractivity contribution in [3.05, 3.63) is 18.2 Å². The molecule has 0 spiro atoms. The van der Waals surface area contributed by atoms with E-state index in [9.17, 15) is 9.59 Å². The van der Waals surface area contributed by atoms with Gasteiger partial charge in [0, 0.05) is 24.3 Å². The summed E-state index contributed by atoms with van der Waals surface area (Å²) in [6.07, 6.45) is 1.72. The van der Waals surface area contributed by atoms with E-state index in [0.717, 1.165) is 12.8 Å². The van der Waals surface area contributed by atoms with E-state index in [0.29, 0.717) is 36.0 Å². The lowest BCUT2D eigenvalue weighted by Gasteiger charge is -2.27. The molecule has 0 radical (unpaired) electrons. The van der Waals surface area contributed by atoms with E-state index < -0.39 is 5.54 Å². The zero-order chi connectivity index (χ0) is 24.0. The smallest absolute Gasteiger partial charge is 0.246 e. The van der Waals surface area contributed by atoms with Crippen LogP contribution in [0.5, 0.6) is 11.5 Å². The molecular formula is C22H32N6O5. The summed E-state index contributed by atoms with van der Waals surface area (Å²) in [6.45, 7) is 6.49. The van der Waals surface area contributed by atoms with Crippen molar-refractivity contribution in [2.45, 2.75) is 51.8 Å². The van der Waals surface area contributed by atoms with Crippen molar-refractivity contribution in [1.82, 2.24) is 30.4 Å². The van der Waals surface area contributed by atoms with E-state index in [-0.39, 0.29) is 31.0 Å². The van der Waals surface area contributed by atoms with Crippen molar-refractivity contribution in [3.8, 4) is 22.9 Å². The molecule has 0 bridgehead atoms. The van der Waals surface area contributed by atoms with Gasteiger partial charge in [-0.3, -0.25) is 9.59 Å². The topological polar surface area (TPSA) is 121 Å². The van der Waals surface area contributed by atoms with Crippen molar-refractivity contribution in [3.63, 3.8) is 0 Å². The number of carbonyl (C=O) groups excluding carboxylic acids is 2. The third kappa shape index (κ3) is 6.88. The number of nitrogens with zero attached hydrogens (tertiary/aromatic N) is 5. The molecule has 1 aliphatic heterocycles. The number of methoxy groups -OCH3 is 2. The molecule has 3 rings (SSSR count). The summed E-state index contributed by atoms with van der Waals surface area (Å²) in [5.74, 6) is 0.953. The van der Waals surface area contributed by atoms with E-state index in [4.69, 9.17) is 14.2 Å². The van der Waals surface area contributed by atoms with Crippen LogP contribution in [-0.2, 0) is 20.9 Å². The molecule has 0 saturated carbocycles. The molecule has 1 N–H and O–H groups in total. The Morgan fingerprint density at radius 2 is 2.00 bits per heavy atom. The fraction of sp³-hybridized carbons (Fsp3) is 0.591. The van der Waals surface area contributed by atoms with Crippen LogP contribution in [0.15, 0.2) is 18.2 Å². The van der Waals surface area contributed by atoms with Gasteiger partial charge in [-0.1, -0.05) is 0 Å². The van der Waals surface area contributed by atoms with Crippen LogP contribution in [0.25, 0.3) is 11.4 Å². The maximum absolute atomic E-state index is 13.1. The Balaban J connectivity index is 1.71. The van der Waals surface area contributed by atoms with Crippen molar-refractivity contribution in [2.75, 3.05) is 33.9 Å². The summed E-state index contributed by atoms with van der Waals surface area (Å²) in [4.78, 5) is 28.3. The van der Waals surface area contributed by atoms with E-state index in [1.807, 2.05) is 20.8 Å². The molecule has 180 valence electrons. The lowest BCUT2D eigenvalue weighted by Crippen LogP contribution is -2.49. The Bertz CT molecular complexity index is 964. The summed E-state index contributed by atoms with van der Waals surface area (Å²) in [5, 5.41) is 15.3. The Hall–Kier alpha value is -3.21. The average molecular weight is 461 g/mol. The molecule has 1 aliphatic rings. The van der Waals surface area contributed by atoms with E-state index in [1.165, 1.54) is 9.70 Å². The fourth-order valence-electron chi connectivity index (χ4n) is 3.54. The van der Waals surface area contributed by atoms with Crippen LogP contribution < -0.4 is 14.8 Å². The molecule has 2 aromatic rings. The number of rotatable bonds is 9. The van der Waals surface area contributed by atoms with Crippen molar-refractivity contribution >= 4 is 11.8 Å². The molecule has 1 saturated heterocycles. The average Bonchev–Trinajstić information content (AvgIpc) is 3.43. The number of amides is 2. The van der Waals surface area contributed by atoms with Gasteiger partial charge in [-0.25, -0.2) is 0 Å². The fourth-order valence-corrected chi connectivity index (χ4v) is 3.54. The summed E-state index contributed by atoms with van der Waals surface area (Å²) >= 11 is 0. The standard InChI is InChI=1S/C22H32N6O5/c1-22(2,3)23-19(29)13-27(12-16-7-6-10-33-16)20(30)14-28-25-21(24-26-28)15-8-9-17(31-4)18(11-15)32-5/h8-9,11,16H,6-7,10,12-14H2,1-5H3,(H,23,29). The van der Waals surface area contributed by atoms with Crippen LogP contribution in [0.4, 0.5) is 0 Å². The molecule has 1 atom stereocenters. The number of hydrogen-bond donors (Lipinski definition) is 1. The molecule has 1 fully saturated rings. The molecule has 11 nitrogen and oxygen atoms in total. The number of tetrazole rings is 1. The van der Waals surface area contributed by atoms with Gasteiger partial charge in [-0.15, -0.1) is 10.2 Å². The number of aromatic nitrogens is 4. The van der Waals surface area contributed by atoms with Crippen LogP contribution in [0.1, 0.15) is 33.6 Å². The van der Waals surface area contributed by atoms with Gasteiger partial charge < -0.3 is 24.4 Å².